The van der Waals surface area contributed by atoms with Gasteiger partial charge in [-0.25, -0.2) is 14.6 Å². The van der Waals surface area contributed by atoms with E-state index in [-0.39, 0.29) is 36.1 Å². The van der Waals surface area contributed by atoms with Crippen molar-refractivity contribution in [3.63, 3.8) is 0 Å². The van der Waals surface area contributed by atoms with Crippen molar-refractivity contribution in [3.05, 3.63) is 34.7 Å². The summed E-state index contributed by atoms with van der Waals surface area (Å²) in [6.07, 6.45) is 6.13. The molecule has 0 saturated carbocycles. The average Bonchev–Trinajstić information content (AvgIpc) is 3.42. The highest BCUT2D eigenvalue weighted by molar-refractivity contribution is 7.44. The fourth-order valence-corrected chi connectivity index (χ4v) is 6.08. The number of imidazole rings is 1. The Balaban J connectivity index is 1.83. The Morgan fingerprint density at radius 3 is 2.64 bits per heavy atom. The molecule has 0 aromatic carbocycles. The van der Waals surface area contributed by atoms with Crippen LogP contribution in [0.3, 0.4) is 0 Å². The lowest BCUT2D eigenvalue weighted by Gasteiger charge is -2.37. The van der Waals surface area contributed by atoms with Gasteiger partial charge in [0.05, 0.1) is 37.6 Å². The fourth-order valence-electron chi connectivity index (χ4n) is 4.32. The number of nitrogens with zero attached hydrogens (tertiary/aromatic N) is 6. The zero-order valence-electron chi connectivity index (χ0n) is 22.4. The minimum atomic E-state index is -1.39. The summed E-state index contributed by atoms with van der Waals surface area (Å²) in [7, 11) is -1.39. The zero-order valence-corrected chi connectivity index (χ0v) is 23.3. The monoisotopic (exact) mass is 518 g/mol. The Morgan fingerprint density at radius 2 is 2.03 bits per heavy atom. The van der Waals surface area contributed by atoms with E-state index in [2.05, 4.69) is 55.3 Å². The summed E-state index contributed by atoms with van der Waals surface area (Å²) in [4.78, 5) is 21.9. The molecule has 10 nitrogen and oxygen atoms in total. The molecule has 0 amide bonds. The standard InChI is InChI=1S/C25H39N6O4P/c1-8-20-21(35-36(33-13-9-11-26)31(18(4)5)19(6)7)14-22(34-20)30-16-27-23-24(30)28-15-29(25(23)32)12-10-17(2)3/h10,15-16,18-22H,8-9,12-14H2,1-7H3/t20-,21-,22-,36?/m1/s1. The summed E-state index contributed by atoms with van der Waals surface area (Å²) >= 11 is 0. The van der Waals surface area contributed by atoms with Crippen molar-refractivity contribution < 1.29 is 13.8 Å². The molecule has 2 aromatic heterocycles. The van der Waals surface area contributed by atoms with Crippen LogP contribution >= 0.6 is 8.53 Å². The van der Waals surface area contributed by atoms with Gasteiger partial charge in [0.1, 0.15) is 12.6 Å². The molecule has 11 heteroatoms. The van der Waals surface area contributed by atoms with Crippen LogP contribution in [0.5, 0.6) is 0 Å². The minimum absolute atomic E-state index is 0.142. The first-order chi connectivity index (χ1) is 17.2. The molecule has 0 aliphatic carbocycles. The molecule has 198 valence electrons. The molecule has 1 aliphatic heterocycles. The van der Waals surface area contributed by atoms with Crippen LogP contribution in [-0.4, -0.2) is 54.7 Å². The number of rotatable bonds is 12. The van der Waals surface area contributed by atoms with E-state index in [9.17, 15) is 4.79 Å². The Bertz CT molecular complexity index is 1130. The smallest absolute Gasteiger partial charge is 0.281 e. The number of aromatic nitrogens is 4. The van der Waals surface area contributed by atoms with Crippen molar-refractivity contribution in [3.8, 4) is 6.07 Å². The lowest BCUT2D eigenvalue weighted by molar-refractivity contribution is -0.0166. The van der Waals surface area contributed by atoms with Crippen LogP contribution in [0, 0.1) is 11.3 Å². The van der Waals surface area contributed by atoms with Crippen LogP contribution in [0.15, 0.2) is 29.1 Å². The molecule has 1 aliphatic rings. The highest BCUT2D eigenvalue weighted by atomic mass is 31.2. The van der Waals surface area contributed by atoms with Crippen LogP contribution in [-0.2, 0) is 20.3 Å². The summed E-state index contributed by atoms with van der Waals surface area (Å²) in [6.45, 7) is 15.3. The Morgan fingerprint density at radius 1 is 1.31 bits per heavy atom. The molecule has 0 N–H and O–H groups in total. The summed E-state index contributed by atoms with van der Waals surface area (Å²) in [5, 5.41) is 8.98. The minimum Gasteiger partial charge on any atom is -0.352 e. The summed E-state index contributed by atoms with van der Waals surface area (Å²) in [5.41, 5.74) is 1.79. The number of ether oxygens (including phenoxy) is 1. The Labute approximate surface area is 214 Å². The quantitative estimate of drug-likeness (QED) is 0.221. The van der Waals surface area contributed by atoms with Crippen LogP contribution in [0.4, 0.5) is 0 Å². The molecule has 1 fully saturated rings. The van der Waals surface area contributed by atoms with Gasteiger partial charge < -0.3 is 13.8 Å². The lowest BCUT2D eigenvalue weighted by atomic mass is 10.1. The maximum Gasteiger partial charge on any atom is 0.281 e. The molecular formula is C25H39N6O4P. The van der Waals surface area contributed by atoms with E-state index in [0.29, 0.717) is 37.2 Å². The summed E-state index contributed by atoms with van der Waals surface area (Å²) in [5.74, 6) is 0. The first kappa shape index (κ1) is 28.4. The second-order valence-corrected chi connectivity index (χ2v) is 11.2. The van der Waals surface area contributed by atoms with Crippen molar-refractivity contribution in [2.45, 2.75) is 105 Å². The molecule has 1 unspecified atom stereocenters. The van der Waals surface area contributed by atoms with Crippen molar-refractivity contribution in [1.29, 1.82) is 5.26 Å². The second-order valence-electron chi connectivity index (χ2n) is 9.77. The molecule has 0 bridgehead atoms. The van der Waals surface area contributed by atoms with Gasteiger partial charge in [0, 0.05) is 25.0 Å². The van der Waals surface area contributed by atoms with Crippen LogP contribution < -0.4 is 5.56 Å². The molecular weight excluding hydrogens is 479 g/mol. The predicted octanol–water partition coefficient (Wildman–Crippen LogP) is 4.92. The van der Waals surface area contributed by atoms with Crippen molar-refractivity contribution in [2.24, 2.45) is 0 Å². The topological polar surface area (TPSA) is 107 Å². The summed E-state index contributed by atoms with van der Waals surface area (Å²) in [6, 6.07) is 2.57. The van der Waals surface area contributed by atoms with E-state index in [1.807, 2.05) is 24.5 Å². The Hall–Kier alpha value is -2.15. The fraction of sp³-hybridized carbons (Fsp3) is 0.680. The van der Waals surface area contributed by atoms with Crippen LogP contribution in [0.25, 0.3) is 11.2 Å². The maximum atomic E-state index is 12.9. The van der Waals surface area contributed by atoms with E-state index >= 15 is 0 Å². The van der Waals surface area contributed by atoms with Gasteiger partial charge in [0.2, 0.25) is 0 Å². The van der Waals surface area contributed by atoms with Crippen molar-refractivity contribution >= 4 is 19.7 Å². The van der Waals surface area contributed by atoms with Crippen LogP contribution in [0.2, 0.25) is 0 Å². The third kappa shape index (κ3) is 6.58. The van der Waals surface area contributed by atoms with Gasteiger partial charge in [-0.2, -0.15) is 5.26 Å². The SMILES string of the molecule is CC[C@H]1O[C@@H](n2cnc3c(=O)n(CC=C(C)C)cnc32)C[C@H]1OP(OCCC#N)N(C(C)C)C(C)C. The third-order valence-electron chi connectivity index (χ3n) is 6.03. The van der Waals surface area contributed by atoms with Gasteiger partial charge in [0.25, 0.3) is 14.1 Å². The van der Waals surface area contributed by atoms with Crippen molar-refractivity contribution in [1.82, 2.24) is 23.8 Å². The lowest BCUT2D eigenvalue weighted by Crippen LogP contribution is -2.35. The normalized spacial score (nSPS) is 21.0. The number of nitriles is 1. The van der Waals surface area contributed by atoms with E-state index < -0.39 is 8.53 Å². The molecule has 2 aromatic rings. The summed E-state index contributed by atoms with van der Waals surface area (Å²) < 4.78 is 24.7. The van der Waals surface area contributed by atoms with E-state index in [4.69, 9.17) is 19.0 Å². The van der Waals surface area contributed by atoms with Gasteiger partial charge in [-0.1, -0.05) is 18.6 Å². The van der Waals surface area contributed by atoms with E-state index in [1.165, 1.54) is 0 Å². The molecule has 0 radical (unpaired) electrons. The Kier molecular flexibility index (Phi) is 10.2. The first-order valence-electron chi connectivity index (χ1n) is 12.6. The van der Waals surface area contributed by atoms with E-state index in [1.54, 1.807) is 17.2 Å². The number of fused-ring (bicyclic) bond motifs is 1. The number of hydrogen-bond donors (Lipinski definition) is 0. The molecule has 36 heavy (non-hydrogen) atoms. The van der Waals surface area contributed by atoms with Crippen LogP contribution in [0.1, 0.15) is 74.0 Å². The molecule has 1 saturated heterocycles. The highest BCUT2D eigenvalue weighted by Gasteiger charge is 2.40. The molecule has 0 spiro atoms. The first-order valence-corrected chi connectivity index (χ1v) is 13.8. The van der Waals surface area contributed by atoms with Gasteiger partial charge in [-0.05, 0) is 48.0 Å². The highest BCUT2D eigenvalue weighted by Crippen LogP contribution is 2.50. The van der Waals surface area contributed by atoms with Gasteiger partial charge >= 0.3 is 0 Å². The van der Waals surface area contributed by atoms with Gasteiger partial charge in [-0.3, -0.25) is 13.9 Å². The number of hydrogen-bond acceptors (Lipinski definition) is 8. The van der Waals surface area contributed by atoms with Gasteiger partial charge in [-0.15, -0.1) is 0 Å². The predicted molar refractivity (Wildman–Crippen MR) is 140 cm³/mol. The third-order valence-corrected chi connectivity index (χ3v) is 8.18. The molecule has 3 heterocycles. The van der Waals surface area contributed by atoms with Gasteiger partial charge in [0.15, 0.2) is 11.2 Å². The average molecular weight is 519 g/mol. The zero-order chi connectivity index (χ0) is 26.4. The largest absolute Gasteiger partial charge is 0.352 e. The van der Waals surface area contributed by atoms with Crippen molar-refractivity contribution in [2.75, 3.05) is 6.61 Å². The second kappa shape index (κ2) is 12.9. The molecule has 3 rings (SSSR count). The van der Waals surface area contributed by atoms with E-state index in [0.717, 1.165) is 12.0 Å². The number of allylic oxidation sites excluding steroid dienone is 2. The molecule has 4 atom stereocenters. The maximum absolute atomic E-state index is 12.9.